The Kier molecular flexibility index (Phi) is 4.36. The van der Waals surface area contributed by atoms with Crippen molar-refractivity contribution in [3.05, 3.63) is 38.8 Å². The van der Waals surface area contributed by atoms with Crippen molar-refractivity contribution in [2.24, 2.45) is 0 Å². The number of nitrogens with one attached hydrogen (secondary N) is 1. The van der Waals surface area contributed by atoms with Gasteiger partial charge in [0, 0.05) is 28.1 Å². The Labute approximate surface area is 114 Å². The smallest absolute Gasteiger partial charge is 0.0522 e. The molecule has 17 heavy (non-hydrogen) atoms. The van der Waals surface area contributed by atoms with E-state index in [1.807, 2.05) is 17.9 Å². The van der Waals surface area contributed by atoms with Gasteiger partial charge in [-0.15, -0.1) is 11.3 Å². The predicted octanol–water partition coefficient (Wildman–Crippen LogP) is 3.23. The number of aryl methyl sites for hydroxylation is 1. The van der Waals surface area contributed by atoms with Crippen molar-refractivity contribution in [1.29, 1.82) is 0 Å². The molecule has 1 unspecified atom stereocenters. The van der Waals surface area contributed by atoms with Crippen molar-refractivity contribution in [3.63, 3.8) is 0 Å². The molecule has 3 nitrogen and oxygen atoms in total. The van der Waals surface area contributed by atoms with Crippen LogP contribution in [0.25, 0.3) is 0 Å². The average molecular weight is 314 g/mol. The molecule has 2 heterocycles. The topological polar surface area (TPSA) is 29.9 Å². The third-order valence-corrected chi connectivity index (χ3v) is 4.74. The van der Waals surface area contributed by atoms with Crippen molar-refractivity contribution in [2.45, 2.75) is 25.9 Å². The number of nitrogens with zero attached hydrogens (tertiary/aromatic N) is 2. The van der Waals surface area contributed by atoms with Gasteiger partial charge in [0.15, 0.2) is 0 Å². The first-order valence-corrected chi connectivity index (χ1v) is 7.33. The van der Waals surface area contributed by atoms with E-state index in [0.29, 0.717) is 6.04 Å². The molecule has 0 bridgehead atoms. The van der Waals surface area contributed by atoms with Crippen LogP contribution in [0.15, 0.2) is 28.3 Å². The molecule has 1 atom stereocenters. The van der Waals surface area contributed by atoms with E-state index in [2.05, 4.69) is 50.9 Å². The summed E-state index contributed by atoms with van der Waals surface area (Å²) < 4.78 is 3.15. The largest absolute Gasteiger partial charge is 0.312 e. The van der Waals surface area contributed by atoms with Crippen LogP contribution < -0.4 is 5.32 Å². The molecule has 0 aliphatic rings. The minimum Gasteiger partial charge on any atom is -0.312 e. The van der Waals surface area contributed by atoms with Crippen molar-refractivity contribution in [3.8, 4) is 0 Å². The van der Waals surface area contributed by atoms with Gasteiger partial charge in [-0.05, 0) is 53.3 Å². The third kappa shape index (κ3) is 2.97. The van der Waals surface area contributed by atoms with Gasteiger partial charge in [-0.25, -0.2) is 0 Å². The average Bonchev–Trinajstić information content (AvgIpc) is 2.95. The lowest BCUT2D eigenvalue weighted by atomic mass is 10.1. The lowest BCUT2D eigenvalue weighted by molar-refractivity contribution is 0.598. The summed E-state index contributed by atoms with van der Waals surface area (Å²) in [5, 5.41) is 9.78. The number of aromatic nitrogens is 2. The van der Waals surface area contributed by atoms with Crippen LogP contribution in [0, 0.1) is 0 Å². The lowest BCUT2D eigenvalue weighted by Gasteiger charge is -2.14. The van der Waals surface area contributed by atoms with E-state index in [9.17, 15) is 0 Å². The van der Waals surface area contributed by atoms with E-state index in [1.165, 1.54) is 14.9 Å². The molecule has 0 radical (unpaired) electrons. The predicted molar refractivity (Wildman–Crippen MR) is 75.4 cm³/mol. The third-order valence-electron chi connectivity index (χ3n) is 2.76. The number of rotatable bonds is 5. The van der Waals surface area contributed by atoms with Crippen LogP contribution in [-0.4, -0.2) is 16.8 Å². The van der Waals surface area contributed by atoms with Crippen molar-refractivity contribution in [1.82, 2.24) is 15.1 Å². The highest BCUT2D eigenvalue weighted by molar-refractivity contribution is 9.10. The molecule has 1 N–H and O–H groups in total. The molecular formula is C12H16BrN3S. The molecule has 0 aliphatic heterocycles. The Morgan fingerprint density at radius 2 is 2.41 bits per heavy atom. The van der Waals surface area contributed by atoms with Gasteiger partial charge >= 0.3 is 0 Å². The first-order valence-electron chi connectivity index (χ1n) is 5.66. The Morgan fingerprint density at radius 3 is 2.94 bits per heavy atom. The zero-order valence-electron chi connectivity index (χ0n) is 9.98. The van der Waals surface area contributed by atoms with E-state index in [1.54, 1.807) is 11.3 Å². The Morgan fingerprint density at radius 1 is 1.59 bits per heavy atom. The maximum Gasteiger partial charge on any atom is 0.0522 e. The summed E-state index contributed by atoms with van der Waals surface area (Å²) in [4.78, 5) is 1.34. The summed E-state index contributed by atoms with van der Waals surface area (Å²) in [5.74, 6) is 0. The maximum absolute atomic E-state index is 4.31. The second-order valence-corrected chi connectivity index (χ2v) is 5.68. The fourth-order valence-corrected chi connectivity index (χ4v) is 3.56. The zero-order valence-corrected chi connectivity index (χ0v) is 12.4. The molecule has 92 valence electrons. The van der Waals surface area contributed by atoms with Crippen LogP contribution in [0.2, 0.25) is 0 Å². The van der Waals surface area contributed by atoms with Gasteiger partial charge in [-0.2, -0.15) is 5.10 Å². The number of thiophene rings is 1. The summed E-state index contributed by atoms with van der Waals surface area (Å²) in [7, 11) is 2.00. The Hall–Kier alpha value is -0.650. The molecule has 0 saturated heterocycles. The summed E-state index contributed by atoms with van der Waals surface area (Å²) in [6.45, 7) is 3.02. The molecule has 0 saturated carbocycles. The Balaban J connectivity index is 2.12. The summed E-state index contributed by atoms with van der Waals surface area (Å²) >= 11 is 5.37. The van der Waals surface area contributed by atoms with Crippen LogP contribution in [0.5, 0.6) is 0 Å². The van der Waals surface area contributed by atoms with Crippen LogP contribution in [0.4, 0.5) is 0 Å². The van der Waals surface area contributed by atoms with E-state index < -0.39 is 0 Å². The van der Waals surface area contributed by atoms with Gasteiger partial charge in [0.05, 0.1) is 6.20 Å². The minimum atomic E-state index is 0.346. The standard InChI is InChI=1S/C12H16BrN3S/c1-3-16-8-9(7-15-16)6-11(14-2)12-10(13)4-5-17-12/h4-5,7-8,11,14H,3,6H2,1-2H3. The van der Waals surface area contributed by atoms with Crippen molar-refractivity contribution < 1.29 is 0 Å². The molecule has 5 heteroatoms. The van der Waals surface area contributed by atoms with E-state index in [-0.39, 0.29) is 0 Å². The maximum atomic E-state index is 4.31. The zero-order chi connectivity index (χ0) is 12.3. The lowest BCUT2D eigenvalue weighted by Crippen LogP contribution is -2.17. The quantitative estimate of drug-likeness (QED) is 0.918. The summed E-state index contributed by atoms with van der Waals surface area (Å²) in [6, 6.07) is 2.44. The fourth-order valence-electron chi connectivity index (χ4n) is 1.80. The van der Waals surface area contributed by atoms with E-state index in [0.717, 1.165) is 13.0 Å². The molecule has 0 fully saturated rings. The van der Waals surface area contributed by atoms with Gasteiger partial charge < -0.3 is 5.32 Å². The second-order valence-electron chi connectivity index (χ2n) is 3.88. The highest BCUT2D eigenvalue weighted by Crippen LogP contribution is 2.30. The molecule has 2 aromatic heterocycles. The summed E-state index contributed by atoms with van der Waals surface area (Å²) in [6.07, 6.45) is 5.04. The first kappa shape index (κ1) is 12.8. The highest BCUT2D eigenvalue weighted by atomic mass is 79.9. The second kappa shape index (κ2) is 5.80. The van der Waals surface area contributed by atoms with Crippen LogP contribution in [0.1, 0.15) is 23.4 Å². The van der Waals surface area contributed by atoms with Crippen molar-refractivity contribution in [2.75, 3.05) is 7.05 Å². The van der Waals surface area contributed by atoms with Crippen molar-refractivity contribution >= 4 is 27.3 Å². The molecule has 2 aromatic rings. The molecular weight excluding hydrogens is 298 g/mol. The van der Waals surface area contributed by atoms with Gasteiger partial charge in [-0.3, -0.25) is 4.68 Å². The monoisotopic (exact) mass is 313 g/mol. The molecule has 0 spiro atoms. The number of hydrogen-bond acceptors (Lipinski definition) is 3. The van der Waals surface area contributed by atoms with Crippen LogP contribution in [0.3, 0.4) is 0 Å². The van der Waals surface area contributed by atoms with E-state index in [4.69, 9.17) is 0 Å². The number of halogens is 1. The SMILES string of the molecule is CCn1cc(CC(NC)c2sccc2Br)cn1. The highest BCUT2D eigenvalue weighted by Gasteiger charge is 2.15. The first-order chi connectivity index (χ1) is 8.24. The normalized spacial score (nSPS) is 12.9. The Bertz CT molecular complexity index is 478. The summed E-state index contributed by atoms with van der Waals surface area (Å²) in [5.41, 5.74) is 1.27. The van der Waals surface area contributed by atoms with Gasteiger partial charge in [-0.1, -0.05) is 0 Å². The van der Waals surface area contributed by atoms with Gasteiger partial charge in [0.1, 0.15) is 0 Å². The molecule has 0 aliphatic carbocycles. The van der Waals surface area contributed by atoms with Gasteiger partial charge in [0.2, 0.25) is 0 Å². The molecule has 2 rings (SSSR count). The molecule has 0 aromatic carbocycles. The fraction of sp³-hybridized carbons (Fsp3) is 0.417. The minimum absolute atomic E-state index is 0.346. The number of likely N-dealkylation sites (N-methyl/N-ethyl adjacent to an activating group) is 1. The molecule has 0 amide bonds. The van der Waals surface area contributed by atoms with Crippen LogP contribution in [-0.2, 0) is 13.0 Å². The number of hydrogen-bond donors (Lipinski definition) is 1. The van der Waals surface area contributed by atoms with Gasteiger partial charge in [0.25, 0.3) is 0 Å². The van der Waals surface area contributed by atoms with Crippen LogP contribution >= 0.6 is 27.3 Å². The van der Waals surface area contributed by atoms with E-state index >= 15 is 0 Å².